The lowest BCUT2D eigenvalue weighted by Gasteiger charge is -2.11. The zero-order chi connectivity index (χ0) is 13.0. The quantitative estimate of drug-likeness (QED) is 0.903. The van der Waals surface area contributed by atoms with Crippen molar-refractivity contribution >= 4 is 0 Å². The van der Waals surface area contributed by atoms with Crippen molar-refractivity contribution in [3.8, 4) is 0 Å². The molecule has 0 fully saturated rings. The number of aryl methyl sites for hydroxylation is 1. The number of aromatic nitrogens is 1. The molecule has 0 radical (unpaired) electrons. The standard InChI is InChI=1S/C14H14F2N2/c15-12-6-4-10(9-13(12)16)14(17)7-5-11-3-1-2-8-18-11/h1-4,6,8-9,14H,5,7,17H2. The lowest BCUT2D eigenvalue weighted by atomic mass is 10.0. The number of nitrogens with two attached hydrogens (primary N) is 1. The average Bonchev–Trinajstić information content (AvgIpc) is 2.40. The van der Waals surface area contributed by atoms with Crippen molar-refractivity contribution in [2.45, 2.75) is 18.9 Å². The normalized spacial score (nSPS) is 12.4. The first-order valence-electron chi connectivity index (χ1n) is 5.77. The van der Waals surface area contributed by atoms with Gasteiger partial charge in [0.2, 0.25) is 0 Å². The first kappa shape index (κ1) is 12.6. The summed E-state index contributed by atoms with van der Waals surface area (Å²) in [4.78, 5) is 4.19. The van der Waals surface area contributed by atoms with E-state index in [0.29, 0.717) is 18.4 Å². The molecule has 0 aliphatic rings. The van der Waals surface area contributed by atoms with Crippen LogP contribution in [0.25, 0.3) is 0 Å². The van der Waals surface area contributed by atoms with E-state index in [1.165, 1.54) is 6.07 Å². The number of halogens is 2. The number of hydrogen-bond acceptors (Lipinski definition) is 2. The molecule has 94 valence electrons. The number of benzene rings is 1. The SMILES string of the molecule is NC(CCc1ccccn1)c1ccc(F)c(F)c1. The van der Waals surface area contributed by atoms with E-state index in [0.717, 1.165) is 17.8 Å². The summed E-state index contributed by atoms with van der Waals surface area (Å²) in [6, 6.07) is 9.12. The third kappa shape index (κ3) is 3.11. The molecule has 0 amide bonds. The minimum absolute atomic E-state index is 0.317. The van der Waals surface area contributed by atoms with Gasteiger partial charge in [-0.05, 0) is 42.7 Å². The van der Waals surface area contributed by atoms with Crippen LogP contribution in [0.15, 0.2) is 42.6 Å². The Morgan fingerprint density at radius 1 is 1.11 bits per heavy atom. The predicted octanol–water partition coefficient (Wildman–Crippen LogP) is 2.99. The Kier molecular flexibility index (Phi) is 3.99. The Morgan fingerprint density at radius 3 is 2.61 bits per heavy atom. The zero-order valence-corrected chi connectivity index (χ0v) is 9.81. The van der Waals surface area contributed by atoms with Crippen LogP contribution in [0.3, 0.4) is 0 Å². The molecule has 2 nitrogen and oxygen atoms in total. The summed E-state index contributed by atoms with van der Waals surface area (Å²) < 4.78 is 25.8. The van der Waals surface area contributed by atoms with E-state index in [1.54, 1.807) is 6.20 Å². The van der Waals surface area contributed by atoms with E-state index in [1.807, 2.05) is 18.2 Å². The van der Waals surface area contributed by atoms with Crippen molar-refractivity contribution in [2.24, 2.45) is 5.73 Å². The van der Waals surface area contributed by atoms with Crippen LogP contribution in [-0.4, -0.2) is 4.98 Å². The molecule has 1 unspecified atom stereocenters. The van der Waals surface area contributed by atoms with Crippen molar-refractivity contribution in [1.82, 2.24) is 4.98 Å². The maximum atomic E-state index is 13.1. The highest BCUT2D eigenvalue weighted by Crippen LogP contribution is 2.18. The Labute approximate surface area is 104 Å². The van der Waals surface area contributed by atoms with Crippen LogP contribution in [0, 0.1) is 11.6 Å². The van der Waals surface area contributed by atoms with Crippen LogP contribution in [0.1, 0.15) is 23.7 Å². The number of pyridine rings is 1. The molecule has 0 bridgehead atoms. The molecule has 1 atom stereocenters. The molecule has 2 N–H and O–H groups in total. The summed E-state index contributed by atoms with van der Waals surface area (Å²) in [5.41, 5.74) is 7.49. The van der Waals surface area contributed by atoms with Crippen molar-refractivity contribution in [1.29, 1.82) is 0 Å². The topological polar surface area (TPSA) is 38.9 Å². The molecule has 0 saturated heterocycles. The van der Waals surface area contributed by atoms with Crippen molar-refractivity contribution in [3.05, 3.63) is 65.5 Å². The average molecular weight is 248 g/mol. The van der Waals surface area contributed by atoms with E-state index in [2.05, 4.69) is 4.98 Å². The first-order valence-corrected chi connectivity index (χ1v) is 5.77. The second kappa shape index (κ2) is 5.69. The highest BCUT2D eigenvalue weighted by Gasteiger charge is 2.10. The van der Waals surface area contributed by atoms with Gasteiger partial charge < -0.3 is 5.73 Å². The lowest BCUT2D eigenvalue weighted by molar-refractivity contribution is 0.504. The fourth-order valence-electron chi connectivity index (χ4n) is 1.76. The zero-order valence-electron chi connectivity index (χ0n) is 9.81. The number of rotatable bonds is 4. The molecular formula is C14H14F2N2. The highest BCUT2D eigenvalue weighted by molar-refractivity contribution is 5.21. The van der Waals surface area contributed by atoms with E-state index < -0.39 is 11.6 Å². The molecule has 0 aliphatic carbocycles. The monoisotopic (exact) mass is 248 g/mol. The number of hydrogen-bond donors (Lipinski definition) is 1. The predicted molar refractivity (Wildman–Crippen MR) is 65.8 cm³/mol. The smallest absolute Gasteiger partial charge is 0.159 e. The van der Waals surface area contributed by atoms with Gasteiger partial charge in [-0.15, -0.1) is 0 Å². The highest BCUT2D eigenvalue weighted by atomic mass is 19.2. The molecule has 2 rings (SSSR count). The third-order valence-corrected chi connectivity index (χ3v) is 2.81. The Hall–Kier alpha value is -1.81. The van der Waals surface area contributed by atoms with Crippen molar-refractivity contribution < 1.29 is 8.78 Å². The van der Waals surface area contributed by atoms with Gasteiger partial charge in [0, 0.05) is 17.9 Å². The van der Waals surface area contributed by atoms with E-state index in [-0.39, 0.29) is 6.04 Å². The summed E-state index contributed by atoms with van der Waals surface area (Å²) in [5, 5.41) is 0. The van der Waals surface area contributed by atoms with Crippen LogP contribution < -0.4 is 5.73 Å². The number of nitrogens with zero attached hydrogens (tertiary/aromatic N) is 1. The lowest BCUT2D eigenvalue weighted by Crippen LogP contribution is -2.12. The summed E-state index contributed by atoms with van der Waals surface area (Å²) in [7, 11) is 0. The Bertz CT molecular complexity index is 514. The molecule has 0 spiro atoms. The maximum absolute atomic E-state index is 13.1. The minimum atomic E-state index is -0.860. The fraction of sp³-hybridized carbons (Fsp3) is 0.214. The molecule has 1 aromatic heterocycles. The van der Waals surface area contributed by atoms with Gasteiger partial charge in [0.1, 0.15) is 0 Å². The summed E-state index contributed by atoms with van der Waals surface area (Å²) in [6.07, 6.45) is 3.07. The first-order chi connectivity index (χ1) is 8.66. The van der Waals surface area contributed by atoms with E-state index in [4.69, 9.17) is 5.73 Å². The molecular weight excluding hydrogens is 234 g/mol. The Balaban J connectivity index is 1.99. The van der Waals surface area contributed by atoms with Crippen LogP contribution in [-0.2, 0) is 6.42 Å². The van der Waals surface area contributed by atoms with Crippen molar-refractivity contribution in [3.63, 3.8) is 0 Å². The summed E-state index contributed by atoms with van der Waals surface area (Å²) >= 11 is 0. The largest absolute Gasteiger partial charge is 0.324 e. The van der Waals surface area contributed by atoms with Gasteiger partial charge in [0.05, 0.1) is 0 Å². The molecule has 1 heterocycles. The maximum Gasteiger partial charge on any atom is 0.159 e. The Morgan fingerprint density at radius 2 is 1.94 bits per heavy atom. The van der Waals surface area contributed by atoms with Crippen LogP contribution in [0.5, 0.6) is 0 Å². The van der Waals surface area contributed by atoms with Gasteiger partial charge in [-0.2, -0.15) is 0 Å². The van der Waals surface area contributed by atoms with Gasteiger partial charge in [-0.3, -0.25) is 4.98 Å². The molecule has 18 heavy (non-hydrogen) atoms. The van der Waals surface area contributed by atoms with Gasteiger partial charge in [-0.25, -0.2) is 8.78 Å². The second-order valence-corrected chi connectivity index (χ2v) is 4.14. The fourth-order valence-corrected chi connectivity index (χ4v) is 1.76. The van der Waals surface area contributed by atoms with Crippen molar-refractivity contribution in [2.75, 3.05) is 0 Å². The molecule has 1 aromatic carbocycles. The van der Waals surface area contributed by atoms with E-state index >= 15 is 0 Å². The summed E-state index contributed by atoms with van der Waals surface area (Å²) in [5.74, 6) is -1.71. The minimum Gasteiger partial charge on any atom is -0.324 e. The molecule has 4 heteroatoms. The van der Waals surface area contributed by atoms with Gasteiger partial charge in [-0.1, -0.05) is 12.1 Å². The van der Waals surface area contributed by atoms with Gasteiger partial charge >= 0.3 is 0 Å². The molecule has 2 aromatic rings. The van der Waals surface area contributed by atoms with Gasteiger partial charge in [0.15, 0.2) is 11.6 Å². The van der Waals surface area contributed by atoms with Crippen LogP contribution in [0.4, 0.5) is 8.78 Å². The molecule has 0 aliphatic heterocycles. The van der Waals surface area contributed by atoms with Crippen LogP contribution >= 0.6 is 0 Å². The van der Waals surface area contributed by atoms with Gasteiger partial charge in [0.25, 0.3) is 0 Å². The van der Waals surface area contributed by atoms with Crippen LogP contribution in [0.2, 0.25) is 0 Å². The summed E-state index contributed by atoms with van der Waals surface area (Å²) in [6.45, 7) is 0. The second-order valence-electron chi connectivity index (χ2n) is 4.14. The van der Waals surface area contributed by atoms with E-state index in [9.17, 15) is 8.78 Å². The third-order valence-electron chi connectivity index (χ3n) is 2.81. The molecule has 0 saturated carbocycles.